The van der Waals surface area contributed by atoms with E-state index in [1.54, 1.807) is 0 Å². The predicted molar refractivity (Wildman–Crippen MR) is 103 cm³/mol. The first-order valence-electron chi connectivity index (χ1n) is 9.77. The Morgan fingerprint density at radius 2 is 1.45 bits per heavy atom. The van der Waals surface area contributed by atoms with Gasteiger partial charge in [0.15, 0.2) is 0 Å². The minimum Gasteiger partial charge on any atom is -0.103 e. The summed E-state index contributed by atoms with van der Waals surface area (Å²) in [5.41, 5.74) is 0. The summed E-state index contributed by atoms with van der Waals surface area (Å²) in [6.07, 6.45) is 18.7. The van der Waals surface area contributed by atoms with Crippen molar-refractivity contribution in [1.82, 2.24) is 0 Å². The molecular formula is C22H42. The summed E-state index contributed by atoms with van der Waals surface area (Å²) < 4.78 is 0. The zero-order chi connectivity index (χ0) is 16.8. The molecule has 0 radical (unpaired) electrons. The number of hydrogen-bond donors (Lipinski definition) is 0. The van der Waals surface area contributed by atoms with E-state index in [0.29, 0.717) is 0 Å². The third-order valence-corrected chi connectivity index (χ3v) is 5.53. The minimum absolute atomic E-state index is 0.858. The van der Waals surface area contributed by atoms with Gasteiger partial charge in [-0.15, -0.1) is 6.58 Å². The molecule has 0 amide bonds. The van der Waals surface area contributed by atoms with Crippen LogP contribution in [0.25, 0.3) is 0 Å². The quantitative estimate of drug-likeness (QED) is 0.287. The highest BCUT2D eigenvalue weighted by molar-refractivity contribution is 4.78. The predicted octanol–water partition coefficient (Wildman–Crippen LogP) is 7.80. The molecule has 0 N–H and O–H groups in total. The van der Waals surface area contributed by atoms with Crippen LogP contribution in [-0.2, 0) is 0 Å². The third-order valence-electron chi connectivity index (χ3n) is 5.53. The average molecular weight is 307 g/mol. The van der Waals surface area contributed by atoms with Crippen LogP contribution in [0.5, 0.6) is 0 Å². The number of rotatable bonds is 14. The van der Waals surface area contributed by atoms with Crippen LogP contribution in [0.2, 0.25) is 0 Å². The Balaban J connectivity index is 3.92. The van der Waals surface area contributed by atoms with Gasteiger partial charge >= 0.3 is 0 Å². The second kappa shape index (κ2) is 14.1. The lowest BCUT2D eigenvalue weighted by Crippen LogP contribution is -2.12. The van der Waals surface area contributed by atoms with Crippen molar-refractivity contribution in [3.63, 3.8) is 0 Å². The molecule has 4 unspecified atom stereocenters. The molecule has 4 atom stereocenters. The van der Waals surface area contributed by atoms with Crippen molar-refractivity contribution in [3.05, 3.63) is 24.8 Å². The summed E-state index contributed by atoms with van der Waals surface area (Å²) in [6, 6.07) is 0. The lowest BCUT2D eigenvalue weighted by molar-refractivity contribution is 0.284. The third kappa shape index (κ3) is 11.1. The van der Waals surface area contributed by atoms with Crippen LogP contribution >= 0.6 is 0 Å². The fraction of sp³-hybridized carbons (Fsp3) is 0.818. The Hall–Kier alpha value is -0.520. The Bertz CT molecular complexity index is 276. The first-order chi connectivity index (χ1) is 10.5. The van der Waals surface area contributed by atoms with Crippen LogP contribution in [0.4, 0.5) is 0 Å². The van der Waals surface area contributed by atoms with E-state index in [1.165, 1.54) is 57.8 Å². The molecule has 0 aliphatic heterocycles. The van der Waals surface area contributed by atoms with E-state index in [2.05, 4.69) is 59.4 Å². The molecule has 0 saturated heterocycles. The second-order valence-corrected chi connectivity index (χ2v) is 7.50. The van der Waals surface area contributed by atoms with Crippen molar-refractivity contribution < 1.29 is 0 Å². The van der Waals surface area contributed by atoms with Gasteiger partial charge in [-0.3, -0.25) is 0 Å². The van der Waals surface area contributed by atoms with Crippen molar-refractivity contribution in [2.24, 2.45) is 23.7 Å². The van der Waals surface area contributed by atoms with Crippen molar-refractivity contribution in [3.8, 4) is 0 Å². The van der Waals surface area contributed by atoms with E-state index in [4.69, 9.17) is 0 Å². The SMILES string of the molecule is C=CCCC(C)CCC(C)C(C)CCC(CC)CC/C=C/C. The van der Waals surface area contributed by atoms with Crippen molar-refractivity contribution in [2.75, 3.05) is 0 Å². The van der Waals surface area contributed by atoms with Crippen LogP contribution in [0.1, 0.15) is 92.4 Å². The van der Waals surface area contributed by atoms with Crippen LogP contribution in [-0.4, -0.2) is 0 Å². The van der Waals surface area contributed by atoms with E-state index >= 15 is 0 Å². The second-order valence-electron chi connectivity index (χ2n) is 7.50. The van der Waals surface area contributed by atoms with Crippen molar-refractivity contribution >= 4 is 0 Å². The Labute approximate surface area is 141 Å². The Morgan fingerprint density at radius 1 is 0.818 bits per heavy atom. The van der Waals surface area contributed by atoms with Gasteiger partial charge in [0.25, 0.3) is 0 Å². The smallest absolute Gasteiger partial charge is 0.0348 e. The standard InChI is InChI=1S/C22H42/c1-7-10-12-14-22(9-3)18-17-21(6)20(5)16-15-19(4)13-11-8-2/h7-8,10,19-22H,2,9,11-18H2,1,3-6H3/b10-7+. The molecule has 0 aliphatic carbocycles. The summed E-state index contributed by atoms with van der Waals surface area (Å²) in [5, 5.41) is 0. The highest BCUT2D eigenvalue weighted by Gasteiger charge is 2.15. The maximum atomic E-state index is 3.83. The lowest BCUT2D eigenvalue weighted by atomic mass is 9.82. The van der Waals surface area contributed by atoms with E-state index in [1.807, 2.05) is 0 Å². The molecule has 0 aromatic carbocycles. The molecule has 0 bridgehead atoms. The van der Waals surface area contributed by atoms with Crippen LogP contribution in [0, 0.1) is 23.7 Å². The molecule has 0 fully saturated rings. The molecule has 0 saturated carbocycles. The molecule has 0 rings (SSSR count). The zero-order valence-corrected chi connectivity index (χ0v) is 16.1. The molecule has 0 aromatic rings. The summed E-state index contributed by atoms with van der Waals surface area (Å²) in [4.78, 5) is 0. The fourth-order valence-electron chi connectivity index (χ4n) is 3.21. The van der Waals surface area contributed by atoms with Gasteiger partial charge in [0, 0.05) is 0 Å². The molecular weight excluding hydrogens is 264 g/mol. The monoisotopic (exact) mass is 306 g/mol. The number of allylic oxidation sites excluding steroid dienone is 3. The van der Waals surface area contributed by atoms with Crippen LogP contribution in [0.3, 0.4) is 0 Å². The summed E-state index contributed by atoms with van der Waals surface area (Å²) in [6.45, 7) is 15.6. The number of hydrogen-bond acceptors (Lipinski definition) is 0. The van der Waals surface area contributed by atoms with E-state index in [-0.39, 0.29) is 0 Å². The van der Waals surface area contributed by atoms with Crippen molar-refractivity contribution in [1.29, 1.82) is 0 Å². The normalized spacial score (nSPS) is 17.3. The van der Waals surface area contributed by atoms with Crippen molar-refractivity contribution in [2.45, 2.75) is 92.4 Å². The van der Waals surface area contributed by atoms with E-state index < -0.39 is 0 Å². The van der Waals surface area contributed by atoms with Crippen LogP contribution < -0.4 is 0 Å². The van der Waals surface area contributed by atoms with Gasteiger partial charge < -0.3 is 0 Å². The van der Waals surface area contributed by atoms with Gasteiger partial charge in [-0.1, -0.05) is 78.0 Å². The molecule has 0 nitrogen and oxygen atoms in total. The summed E-state index contributed by atoms with van der Waals surface area (Å²) in [5.74, 6) is 3.54. The largest absolute Gasteiger partial charge is 0.103 e. The highest BCUT2D eigenvalue weighted by Crippen LogP contribution is 2.28. The molecule has 0 aromatic heterocycles. The zero-order valence-electron chi connectivity index (χ0n) is 16.1. The first kappa shape index (κ1) is 21.5. The molecule has 0 heterocycles. The highest BCUT2D eigenvalue weighted by atomic mass is 14.2. The maximum Gasteiger partial charge on any atom is -0.0348 e. The van der Waals surface area contributed by atoms with Gasteiger partial charge in [0.1, 0.15) is 0 Å². The summed E-state index contributed by atoms with van der Waals surface area (Å²) in [7, 11) is 0. The molecule has 22 heavy (non-hydrogen) atoms. The first-order valence-corrected chi connectivity index (χ1v) is 9.77. The van der Waals surface area contributed by atoms with Gasteiger partial charge in [-0.2, -0.15) is 0 Å². The van der Waals surface area contributed by atoms with E-state index in [9.17, 15) is 0 Å². The Morgan fingerprint density at radius 3 is 2.00 bits per heavy atom. The molecule has 130 valence electrons. The maximum absolute atomic E-state index is 3.83. The minimum atomic E-state index is 0.858. The lowest BCUT2D eigenvalue weighted by Gasteiger charge is -2.23. The molecule has 0 spiro atoms. The average Bonchev–Trinajstić information content (AvgIpc) is 2.53. The van der Waals surface area contributed by atoms with Gasteiger partial charge in [-0.25, -0.2) is 0 Å². The van der Waals surface area contributed by atoms with Gasteiger partial charge in [0.05, 0.1) is 0 Å². The Kier molecular flexibility index (Phi) is 13.8. The van der Waals surface area contributed by atoms with Gasteiger partial charge in [0.2, 0.25) is 0 Å². The molecule has 0 aliphatic rings. The van der Waals surface area contributed by atoms with Gasteiger partial charge in [-0.05, 0) is 56.3 Å². The van der Waals surface area contributed by atoms with Crippen LogP contribution in [0.15, 0.2) is 24.8 Å². The summed E-state index contributed by atoms with van der Waals surface area (Å²) >= 11 is 0. The topological polar surface area (TPSA) is 0 Å². The fourth-order valence-corrected chi connectivity index (χ4v) is 3.21. The molecule has 0 heteroatoms. The van der Waals surface area contributed by atoms with E-state index in [0.717, 1.165) is 23.7 Å².